The summed E-state index contributed by atoms with van der Waals surface area (Å²) in [6.07, 6.45) is 0. The van der Waals surface area contributed by atoms with Gasteiger partial charge in [0.2, 0.25) is 5.91 Å². The molecular weight excluding hydrogens is 298 g/mol. The number of carbonyl (C=O) groups excluding carboxylic acids is 1. The van der Waals surface area contributed by atoms with Crippen molar-refractivity contribution in [3.63, 3.8) is 0 Å². The van der Waals surface area contributed by atoms with E-state index in [9.17, 15) is 4.79 Å². The molecule has 112 valence electrons. The van der Waals surface area contributed by atoms with Gasteiger partial charge in [-0.05, 0) is 42.8 Å². The van der Waals surface area contributed by atoms with Crippen molar-refractivity contribution >= 4 is 23.2 Å². The van der Waals surface area contributed by atoms with E-state index in [1.165, 1.54) is 0 Å². The summed E-state index contributed by atoms with van der Waals surface area (Å²) in [4.78, 5) is 11.9. The predicted octanol–water partition coefficient (Wildman–Crippen LogP) is 3.50. The molecule has 0 bridgehead atoms. The first-order chi connectivity index (χ1) is 10.6. The molecule has 4 nitrogen and oxygen atoms in total. The average Bonchev–Trinajstić information content (AvgIpc) is 2.54. The van der Waals surface area contributed by atoms with Crippen LogP contribution in [-0.2, 0) is 4.79 Å². The van der Waals surface area contributed by atoms with Crippen LogP contribution in [0.15, 0.2) is 48.5 Å². The molecule has 5 heteroatoms. The molecule has 2 rings (SSSR count). The molecule has 2 aromatic carbocycles. The minimum Gasteiger partial charge on any atom is -0.325 e. The van der Waals surface area contributed by atoms with Crippen LogP contribution in [0.2, 0.25) is 5.02 Å². The highest BCUT2D eigenvalue weighted by Crippen LogP contribution is 2.21. The summed E-state index contributed by atoms with van der Waals surface area (Å²) >= 11 is 6.13. The van der Waals surface area contributed by atoms with Gasteiger partial charge in [0, 0.05) is 16.8 Å². The van der Waals surface area contributed by atoms with Crippen LogP contribution in [-0.4, -0.2) is 12.5 Å². The molecule has 22 heavy (non-hydrogen) atoms. The van der Waals surface area contributed by atoms with Crippen molar-refractivity contribution < 1.29 is 4.79 Å². The Morgan fingerprint density at radius 3 is 2.55 bits per heavy atom. The van der Waals surface area contributed by atoms with Gasteiger partial charge in [0.15, 0.2) is 0 Å². The molecule has 1 atom stereocenters. The van der Waals surface area contributed by atoms with E-state index >= 15 is 0 Å². The van der Waals surface area contributed by atoms with Crippen molar-refractivity contribution in [3.05, 3.63) is 64.7 Å². The second kappa shape index (κ2) is 7.60. The SMILES string of the molecule is C[C@H](NCC(=O)Nc1ccc(C#N)cc1)c1ccccc1Cl. The molecule has 0 saturated carbocycles. The maximum atomic E-state index is 11.9. The van der Waals surface area contributed by atoms with Crippen LogP contribution < -0.4 is 10.6 Å². The Morgan fingerprint density at radius 1 is 1.23 bits per heavy atom. The molecule has 0 unspecified atom stereocenters. The van der Waals surface area contributed by atoms with Crippen molar-refractivity contribution in [1.82, 2.24) is 5.32 Å². The zero-order valence-electron chi connectivity index (χ0n) is 12.1. The molecule has 0 aliphatic rings. The van der Waals surface area contributed by atoms with Crippen LogP contribution in [0.3, 0.4) is 0 Å². The smallest absolute Gasteiger partial charge is 0.238 e. The highest BCUT2D eigenvalue weighted by atomic mass is 35.5. The fraction of sp³-hybridized carbons (Fsp3) is 0.176. The van der Waals surface area contributed by atoms with Crippen molar-refractivity contribution in [2.75, 3.05) is 11.9 Å². The van der Waals surface area contributed by atoms with Crippen molar-refractivity contribution in [3.8, 4) is 6.07 Å². The summed E-state index contributed by atoms with van der Waals surface area (Å²) < 4.78 is 0. The maximum absolute atomic E-state index is 11.9. The first kappa shape index (κ1) is 16.0. The van der Waals surface area contributed by atoms with Crippen LogP contribution in [0, 0.1) is 11.3 Å². The summed E-state index contributed by atoms with van der Waals surface area (Å²) in [6.45, 7) is 2.13. The third-order valence-corrected chi connectivity index (χ3v) is 3.58. The van der Waals surface area contributed by atoms with Gasteiger partial charge in [0.1, 0.15) is 0 Å². The Bertz CT molecular complexity index is 692. The second-order valence-electron chi connectivity index (χ2n) is 4.86. The number of benzene rings is 2. The van der Waals surface area contributed by atoms with E-state index in [1.54, 1.807) is 24.3 Å². The number of halogens is 1. The summed E-state index contributed by atoms with van der Waals surface area (Å²) in [5.74, 6) is -0.149. The average molecular weight is 314 g/mol. The fourth-order valence-electron chi connectivity index (χ4n) is 2.02. The molecule has 0 aliphatic heterocycles. The van der Waals surface area contributed by atoms with E-state index in [0.717, 1.165) is 5.56 Å². The van der Waals surface area contributed by atoms with Crippen LogP contribution in [0.25, 0.3) is 0 Å². The van der Waals surface area contributed by atoms with Crippen LogP contribution in [0.4, 0.5) is 5.69 Å². The molecule has 1 amide bonds. The standard InChI is InChI=1S/C17H16ClN3O/c1-12(15-4-2-3-5-16(15)18)20-11-17(22)21-14-8-6-13(10-19)7-9-14/h2-9,12,20H,11H2,1H3,(H,21,22)/t12-/m0/s1. The molecular formula is C17H16ClN3O. The quantitative estimate of drug-likeness (QED) is 0.888. The lowest BCUT2D eigenvalue weighted by atomic mass is 10.1. The Labute approximate surface area is 134 Å². The minimum atomic E-state index is -0.149. The Hall–Kier alpha value is -2.35. The van der Waals surface area contributed by atoms with E-state index in [4.69, 9.17) is 16.9 Å². The van der Waals surface area contributed by atoms with Gasteiger partial charge in [-0.15, -0.1) is 0 Å². The van der Waals surface area contributed by atoms with E-state index in [-0.39, 0.29) is 18.5 Å². The van der Waals surface area contributed by atoms with Crippen LogP contribution in [0.5, 0.6) is 0 Å². The lowest BCUT2D eigenvalue weighted by Crippen LogP contribution is -2.30. The van der Waals surface area contributed by atoms with Crippen molar-refractivity contribution in [1.29, 1.82) is 5.26 Å². The molecule has 2 aromatic rings. The molecule has 0 aromatic heterocycles. The second-order valence-corrected chi connectivity index (χ2v) is 5.27. The number of carbonyl (C=O) groups is 1. The molecule has 0 spiro atoms. The zero-order valence-corrected chi connectivity index (χ0v) is 12.9. The zero-order chi connectivity index (χ0) is 15.9. The number of rotatable bonds is 5. The summed E-state index contributed by atoms with van der Waals surface area (Å²) in [6, 6.07) is 16.3. The number of nitriles is 1. The van der Waals surface area contributed by atoms with E-state index in [1.807, 2.05) is 37.3 Å². The number of hydrogen-bond donors (Lipinski definition) is 2. The number of hydrogen-bond acceptors (Lipinski definition) is 3. The Kier molecular flexibility index (Phi) is 5.54. The molecule has 2 N–H and O–H groups in total. The minimum absolute atomic E-state index is 0.0274. The Morgan fingerprint density at radius 2 is 1.91 bits per heavy atom. The van der Waals surface area contributed by atoms with Gasteiger partial charge in [-0.2, -0.15) is 5.26 Å². The van der Waals surface area contributed by atoms with Gasteiger partial charge in [-0.25, -0.2) is 0 Å². The molecule has 0 heterocycles. The highest BCUT2D eigenvalue weighted by Gasteiger charge is 2.10. The number of nitrogens with zero attached hydrogens (tertiary/aromatic N) is 1. The van der Waals surface area contributed by atoms with Gasteiger partial charge in [0.25, 0.3) is 0 Å². The predicted molar refractivity (Wildman–Crippen MR) is 87.7 cm³/mol. The summed E-state index contributed by atoms with van der Waals surface area (Å²) in [7, 11) is 0. The van der Waals surface area contributed by atoms with Gasteiger partial charge >= 0.3 is 0 Å². The Balaban J connectivity index is 1.87. The number of anilines is 1. The van der Waals surface area contributed by atoms with Gasteiger partial charge in [-0.3, -0.25) is 4.79 Å². The molecule has 0 fully saturated rings. The monoisotopic (exact) mass is 313 g/mol. The lowest BCUT2D eigenvalue weighted by molar-refractivity contribution is -0.115. The van der Waals surface area contributed by atoms with Crippen molar-refractivity contribution in [2.24, 2.45) is 0 Å². The first-order valence-electron chi connectivity index (χ1n) is 6.88. The normalized spacial score (nSPS) is 11.5. The molecule has 0 saturated heterocycles. The summed E-state index contributed by atoms with van der Waals surface area (Å²) in [5, 5.41) is 15.3. The first-order valence-corrected chi connectivity index (χ1v) is 7.26. The number of nitrogens with one attached hydrogen (secondary N) is 2. The summed E-state index contributed by atoms with van der Waals surface area (Å²) in [5.41, 5.74) is 2.18. The lowest BCUT2D eigenvalue weighted by Gasteiger charge is -2.15. The third-order valence-electron chi connectivity index (χ3n) is 3.24. The van der Waals surface area contributed by atoms with Gasteiger partial charge in [0.05, 0.1) is 18.2 Å². The van der Waals surface area contributed by atoms with Crippen LogP contribution >= 0.6 is 11.6 Å². The van der Waals surface area contributed by atoms with Crippen LogP contribution in [0.1, 0.15) is 24.1 Å². The largest absolute Gasteiger partial charge is 0.325 e. The van der Waals surface area contributed by atoms with E-state index in [0.29, 0.717) is 16.3 Å². The molecule has 0 aliphatic carbocycles. The number of amides is 1. The fourth-order valence-corrected chi connectivity index (χ4v) is 2.31. The highest BCUT2D eigenvalue weighted by molar-refractivity contribution is 6.31. The maximum Gasteiger partial charge on any atom is 0.238 e. The molecule has 0 radical (unpaired) electrons. The van der Waals surface area contributed by atoms with Gasteiger partial charge in [-0.1, -0.05) is 29.8 Å². The van der Waals surface area contributed by atoms with E-state index in [2.05, 4.69) is 10.6 Å². The van der Waals surface area contributed by atoms with Crippen molar-refractivity contribution in [2.45, 2.75) is 13.0 Å². The van der Waals surface area contributed by atoms with Gasteiger partial charge < -0.3 is 10.6 Å². The topological polar surface area (TPSA) is 64.9 Å². The third kappa shape index (κ3) is 4.32. The van der Waals surface area contributed by atoms with E-state index < -0.39 is 0 Å².